The van der Waals surface area contributed by atoms with Gasteiger partial charge in [0.25, 0.3) is 0 Å². The van der Waals surface area contributed by atoms with Crippen LogP contribution in [0.25, 0.3) is 16.7 Å². The fourth-order valence-corrected chi connectivity index (χ4v) is 4.91. The summed E-state index contributed by atoms with van der Waals surface area (Å²) in [5.74, 6) is -2.26. The Morgan fingerprint density at radius 2 is 1.92 bits per heavy atom. The summed E-state index contributed by atoms with van der Waals surface area (Å²) < 4.78 is 30.0. The van der Waals surface area contributed by atoms with E-state index in [0.29, 0.717) is 35.4 Å². The molecule has 1 aliphatic rings. The third-order valence-corrected chi connectivity index (χ3v) is 6.74. The molecule has 1 amide bonds. The highest BCUT2D eigenvalue weighted by Crippen LogP contribution is 2.34. The highest BCUT2D eigenvalue weighted by atomic mass is 19.3. The summed E-state index contributed by atoms with van der Waals surface area (Å²) >= 11 is 0. The first-order chi connectivity index (χ1) is 17.0. The van der Waals surface area contributed by atoms with Gasteiger partial charge in [0.15, 0.2) is 11.6 Å². The number of amides is 1. The summed E-state index contributed by atoms with van der Waals surface area (Å²) in [6.45, 7) is 14.1. The van der Waals surface area contributed by atoms with E-state index in [-0.39, 0.29) is 11.7 Å². The smallest absolute Gasteiger partial charge is 0.303 e. The Balaban J connectivity index is 1.87. The summed E-state index contributed by atoms with van der Waals surface area (Å²) in [7, 11) is 0. The SMILES string of the molecule is CCc1cc(-n2nc(N3CC(C)C(N(CC)CC)C3)c3cnc(NC(C)=O)cc32)nc(C(C)(F)F)n1. The molecular formula is C25H34F2N8O. The molecule has 194 valence electrons. The zero-order chi connectivity index (χ0) is 26.2. The van der Waals surface area contributed by atoms with Crippen LogP contribution in [-0.2, 0) is 17.1 Å². The second kappa shape index (κ2) is 10.0. The van der Waals surface area contributed by atoms with Gasteiger partial charge in [-0.15, -0.1) is 5.10 Å². The molecule has 9 nitrogen and oxygen atoms in total. The van der Waals surface area contributed by atoms with Gasteiger partial charge >= 0.3 is 5.92 Å². The average molecular weight is 501 g/mol. The lowest BCUT2D eigenvalue weighted by molar-refractivity contribution is -0.114. The molecule has 0 bridgehead atoms. The quantitative estimate of drug-likeness (QED) is 0.500. The number of pyridine rings is 1. The molecule has 1 saturated heterocycles. The van der Waals surface area contributed by atoms with Crippen molar-refractivity contribution >= 4 is 28.4 Å². The van der Waals surface area contributed by atoms with Crippen molar-refractivity contribution in [2.24, 2.45) is 5.92 Å². The van der Waals surface area contributed by atoms with Crippen LogP contribution in [0.15, 0.2) is 18.3 Å². The van der Waals surface area contributed by atoms with E-state index >= 15 is 0 Å². The van der Waals surface area contributed by atoms with Crippen molar-refractivity contribution in [2.45, 2.75) is 59.9 Å². The Bertz CT molecular complexity index is 1250. The summed E-state index contributed by atoms with van der Waals surface area (Å²) in [5, 5.41) is 8.33. The largest absolute Gasteiger partial charge is 0.353 e. The van der Waals surface area contributed by atoms with Crippen molar-refractivity contribution < 1.29 is 13.6 Å². The minimum absolute atomic E-state index is 0.252. The van der Waals surface area contributed by atoms with E-state index in [9.17, 15) is 13.6 Å². The maximum atomic E-state index is 14.2. The van der Waals surface area contributed by atoms with Crippen molar-refractivity contribution in [1.82, 2.24) is 29.6 Å². The van der Waals surface area contributed by atoms with Crippen molar-refractivity contribution in [3.05, 3.63) is 29.8 Å². The topological polar surface area (TPSA) is 92.1 Å². The van der Waals surface area contributed by atoms with Crippen LogP contribution in [0.3, 0.4) is 0 Å². The van der Waals surface area contributed by atoms with E-state index in [1.807, 2.05) is 6.92 Å². The summed E-state index contributed by atoms with van der Waals surface area (Å²) in [6, 6.07) is 3.75. The molecule has 4 rings (SSSR count). The van der Waals surface area contributed by atoms with Gasteiger partial charge in [-0.2, -0.15) is 8.78 Å². The number of anilines is 2. The molecule has 3 aromatic rings. The molecule has 0 aromatic carbocycles. The van der Waals surface area contributed by atoms with Crippen LogP contribution in [0.5, 0.6) is 0 Å². The predicted molar refractivity (Wildman–Crippen MR) is 136 cm³/mol. The minimum Gasteiger partial charge on any atom is -0.353 e. The van der Waals surface area contributed by atoms with Crippen LogP contribution >= 0.6 is 0 Å². The van der Waals surface area contributed by atoms with Crippen molar-refractivity contribution in [1.29, 1.82) is 0 Å². The fraction of sp³-hybridized carbons (Fsp3) is 0.560. The normalized spacial score (nSPS) is 18.4. The number of fused-ring (bicyclic) bond motifs is 1. The number of aromatic nitrogens is 5. The Morgan fingerprint density at radius 1 is 1.19 bits per heavy atom. The summed E-state index contributed by atoms with van der Waals surface area (Å²) in [5.41, 5.74) is 1.11. The van der Waals surface area contributed by atoms with Gasteiger partial charge in [0.1, 0.15) is 5.82 Å². The molecule has 11 heteroatoms. The molecule has 2 atom stereocenters. The number of carbonyl (C=O) groups excluding carboxylic acids is 1. The minimum atomic E-state index is -3.20. The molecule has 0 radical (unpaired) electrons. The number of carbonyl (C=O) groups is 1. The number of halogens is 2. The number of alkyl halides is 2. The van der Waals surface area contributed by atoms with Gasteiger partial charge < -0.3 is 10.2 Å². The van der Waals surface area contributed by atoms with Gasteiger partial charge in [-0.05, 0) is 25.4 Å². The van der Waals surface area contributed by atoms with Crippen LogP contribution in [0, 0.1) is 5.92 Å². The van der Waals surface area contributed by atoms with Crippen molar-refractivity contribution in [3.8, 4) is 5.82 Å². The Kier molecular flexibility index (Phi) is 7.21. The molecule has 1 fully saturated rings. The first-order valence-electron chi connectivity index (χ1n) is 12.5. The lowest BCUT2D eigenvalue weighted by Crippen LogP contribution is -2.40. The van der Waals surface area contributed by atoms with Crippen molar-refractivity contribution in [3.63, 3.8) is 0 Å². The van der Waals surface area contributed by atoms with Gasteiger partial charge in [-0.1, -0.05) is 27.7 Å². The first-order valence-corrected chi connectivity index (χ1v) is 12.5. The van der Waals surface area contributed by atoms with Gasteiger partial charge in [-0.3, -0.25) is 9.69 Å². The summed E-state index contributed by atoms with van der Waals surface area (Å²) in [4.78, 5) is 29.0. The lowest BCUT2D eigenvalue weighted by Gasteiger charge is -2.28. The van der Waals surface area contributed by atoms with Crippen LogP contribution < -0.4 is 10.2 Å². The highest BCUT2D eigenvalue weighted by Gasteiger charge is 2.35. The monoisotopic (exact) mass is 500 g/mol. The Hall–Kier alpha value is -3.21. The zero-order valence-electron chi connectivity index (χ0n) is 21.7. The molecule has 0 aliphatic carbocycles. The Labute approximate surface area is 209 Å². The van der Waals surface area contributed by atoms with E-state index in [2.05, 4.69) is 50.8 Å². The van der Waals surface area contributed by atoms with E-state index < -0.39 is 11.7 Å². The van der Waals surface area contributed by atoms with E-state index in [1.54, 1.807) is 23.0 Å². The first kappa shape index (κ1) is 25.9. The maximum Gasteiger partial charge on any atom is 0.303 e. The maximum absolute atomic E-state index is 14.2. The van der Waals surface area contributed by atoms with Crippen LogP contribution in [0.1, 0.15) is 53.1 Å². The molecule has 36 heavy (non-hydrogen) atoms. The Morgan fingerprint density at radius 3 is 2.53 bits per heavy atom. The number of hydrogen-bond acceptors (Lipinski definition) is 7. The van der Waals surface area contributed by atoms with E-state index in [4.69, 9.17) is 5.10 Å². The van der Waals surface area contributed by atoms with Crippen LogP contribution in [-0.4, -0.2) is 67.8 Å². The van der Waals surface area contributed by atoms with E-state index in [1.165, 1.54) is 6.92 Å². The highest BCUT2D eigenvalue weighted by molar-refractivity contribution is 5.95. The molecule has 1 aliphatic heterocycles. The van der Waals surface area contributed by atoms with Gasteiger partial charge in [0.05, 0.1) is 10.9 Å². The second-order valence-electron chi connectivity index (χ2n) is 9.46. The molecule has 3 aromatic heterocycles. The number of aryl methyl sites for hydroxylation is 1. The van der Waals surface area contributed by atoms with E-state index in [0.717, 1.165) is 44.3 Å². The lowest BCUT2D eigenvalue weighted by atomic mass is 10.1. The second-order valence-corrected chi connectivity index (χ2v) is 9.46. The number of likely N-dealkylation sites (N-methyl/N-ethyl adjacent to an activating group) is 1. The molecule has 0 saturated carbocycles. The molecule has 0 spiro atoms. The predicted octanol–water partition coefficient (Wildman–Crippen LogP) is 4.01. The number of rotatable bonds is 8. The van der Waals surface area contributed by atoms with Crippen molar-refractivity contribution in [2.75, 3.05) is 36.4 Å². The molecule has 1 N–H and O–H groups in total. The standard InChI is InChI=1S/C25H34F2N8O/c1-7-17-10-22(31-24(30-17)25(6,26)27)35-19-11-21(29-16(5)36)28-12-18(19)23(32-35)34-13-15(4)20(14-34)33(8-2)9-3/h10-12,15,20H,7-9,13-14H2,1-6H3,(H,28,29,36). The molecule has 2 unspecified atom stereocenters. The van der Waals surface area contributed by atoms with Gasteiger partial charge in [0, 0.05) is 57.0 Å². The molecular weight excluding hydrogens is 466 g/mol. The van der Waals surface area contributed by atoms with Gasteiger partial charge in [0.2, 0.25) is 11.7 Å². The number of nitrogens with zero attached hydrogens (tertiary/aromatic N) is 7. The van der Waals surface area contributed by atoms with Crippen LogP contribution in [0.2, 0.25) is 0 Å². The van der Waals surface area contributed by atoms with Gasteiger partial charge in [-0.25, -0.2) is 19.6 Å². The number of hydrogen-bond donors (Lipinski definition) is 1. The number of nitrogens with one attached hydrogen (secondary N) is 1. The van der Waals surface area contributed by atoms with Crippen LogP contribution in [0.4, 0.5) is 20.4 Å². The third-order valence-electron chi connectivity index (χ3n) is 6.74. The molecule has 4 heterocycles. The average Bonchev–Trinajstić information content (AvgIpc) is 3.39. The third kappa shape index (κ3) is 5.02. The fourth-order valence-electron chi connectivity index (χ4n) is 4.91. The zero-order valence-corrected chi connectivity index (χ0v) is 21.7. The summed E-state index contributed by atoms with van der Waals surface area (Å²) in [6.07, 6.45) is 2.14.